The zero-order valence-corrected chi connectivity index (χ0v) is 18.8. The van der Waals surface area contributed by atoms with Crippen molar-refractivity contribution >= 4 is 12.4 Å². The van der Waals surface area contributed by atoms with Gasteiger partial charge in [0.15, 0.2) is 0 Å². The summed E-state index contributed by atoms with van der Waals surface area (Å²) in [6, 6.07) is 20.4. The molecule has 2 aromatic carbocycles. The smallest absolute Gasteiger partial charge is 0.108 e. The SMILES string of the molecule is C(#CCN1CCN(CC#CCOCc2ccccc2)CC1)COCc1ccccc1.Cl. The Morgan fingerprint density at radius 2 is 0.968 bits per heavy atom. The number of piperazine rings is 1. The molecule has 1 heterocycles. The maximum atomic E-state index is 5.60. The standard InChI is InChI=1S/C26H30N2O2.ClH/c1-3-11-25(12-4-1)23-29-21-9-7-15-27-17-19-28(20-18-27)16-8-10-22-30-24-26-13-5-2-6-14-26;/h1-6,11-14H,15-24H2;1H. The molecule has 31 heavy (non-hydrogen) atoms. The van der Waals surface area contributed by atoms with E-state index in [1.54, 1.807) is 0 Å². The van der Waals surface area contributed by atoms with E-state index in [4.69, 9.17) is 9.47 Å². The van der Waals surface area contributed by atoms with Gasteiger partial charge in [-0.2, -0.15) is 0 Å². The average molecular weight is 439 g/mol. The van der Waals surface area contributed by atoms with Crippen LogP contribution in [0.2, 0.25) is 0 Å². The molecule has 5 heteroatoms. The summed E-state index contributed by atoms with van der Waals surface area (Å²) in [6.07, 6.45) is 0. The number of hydrogen-bond acceptors (Lipinski definition) is 4. The van der Waals surface area contributed by atoms with Crippen LogP contribution in [0.1, 0.15) is 11.1 Å². The van der Waals surface area contributed by atoms with Crippen molar-refractivity contribution < 1.29 is 9.47 Å². The third-order valence-electron chi connectivity index (χ3n) is 4.89. The lowest BCUT2D eigenvalue weighted by Gasteiger charge is -2.32. The molecular weight excluding hydrogens is 408 g/mol. The van der Waals surface area contributed by atoms with Crippen LogP contribution in [0.25, 0.3) is 0 Å². The van der Waals surface area contributed by atoms with E-state index in [9.17, 15) is 0 Å². The molecule has 0 radical (unpaired) electrons. The Bertz CT molecular complexity index is 771. The number of halogens is 1. The minimum atomic E-state index is 0. The van der Waals surface area contributed by atoms with E-state index in [-0.39, 0.29) is 12.4 Å². The summed E-state index contributed by atoms with van der Waals surface area (Å²) in [6.45, 7) is 7.95. The molecule has 0 N–H and O–H groups in total. The predicted octanol–water partition coefficient (Wildman–Crippen LogP) is 3.47. The van der Waals surface area contributed by atoms with Crippen LogP contribution in [0.4, 0.5) is 0 Å². The van der Waals surface area contributed by atoms with E-state index < -0.39 is 0 Å². The molecule has 1 saturated heterocycles. The van der Waals surface area contributed by atoms with Crippen LogP contribution in [-0.2, 0) is 22.7 Å². The Morgan fingerprint density at radius 1 is 0.581 bits per heavy atom. The lowest BCUT2D eigenvalue weighted by atomic mass is 10.2. The van der Waals surface area contributed by atoms with Gasteiger partial charge in [0.25, 0.3) is 0 Å². The molecule has 0 unspecified atom stereocenters. The Kier molecular flexibility index (Phi) is 12.5. The van der Waals surface area contributed by atoms with Crippen molar-refractivity contribution in [1.29, 1.82) is 0 Å². The highest BCUT2D eigenvalue weighted by Gasteiger charge is 2.14. The van der Waals surface area contributed by atoms with Crippen molar-refractivity contribution in [3.8, 4) is 23.7 Å². The quantitative estimate of drug-likeness (QED) is 0.465. The Balaban J connectivity index is 0.00000341. The van der Waals surface area contributed by atoms with Gasteiger partial charge in [-0.05, 0) is 11.1 Å². The zero-order chi connectivity index (χ0) is 20.7. The molecule has 0 saturated carbocycles. The number of nitrogens with zero attached hydrogens (tertiary/aromatic N) is 2. The molecule has 0 atom stereocenters. The highest BCUT2D eigenvalue weighted by atomic mass is 35.5. The average Bonchev–Trinajstić information content (AvgIpc) is 2.81. The summed E-state index contributed by atoms with van der Waals surface area (Å²) in [5.74, 6) is 12.7. The van der Waals surface area contributed by atoms with Crippen molar-refractivity contribution in [2.75, 3.05) is 52.5 Å². The highest BCUT2D eigenvalue weighted by Crippen LogP contribution is 2.02. The van der Waals surface area contributed by atoms with E-state index in [0.717, 1.165) is 39.3 Å². The number of benzene rings is 2. The summed E-state index contributed by atoms with van der Waals surface area (Å²) in [4.78, 5) is 4.77. The van der Waals surface area contributed by atoms with E-state index in [2.05, 4.69) is 57.7 Å². The van der Waals surface area contributed by atoms with Crippen LogP contribution in [0.5, 0.6) is 0 Å². The molecule has 0 aromatic heterocycles. The first-order valence-electron chi connectivity index (χ1n) is 10.5. The first kappa shape index (κ1) is 25.0. The summed E-state index contributed by atoms with van der Waals surface area (Å²) in [7, 11) is 0. The number of ether oxygens (including phenoxy) is 2. The second-order valence-electron chi connectivity index (χ2n) is 7.22. The lowest BCUT2D eigenvalue weighted by molar-refractivity contribution is 0.150. The fourth-order valence-corrected chi connectivity index (χ4v) is 3.13. The minimum Gasteiger partial charge on any atom is -0.364 e. The van der Waals surface area contributed by atoms with Crippen LogP contribution < -0.4 is 0 Å². The van der Waals surface area contributed by atoms with Gasteiger partial charge in [0, 0.05) is 26.2 Å². The van der Waals surface area contributed by atoms with E-state index >= 15 is 0 Å². The molecule has 0 bridgehead atoms. The maximum absolute atomic E-state index is 5.60. The largest absolute Gasteiger partial charge is 0.364 e. The van der Waals surface area contributed by atoms with E-state index in [1.807, 2.05) is 36.4 Å². The first-order valence-corrected chi connectivity index (χ1v) is 10.5. The van der Waals surface area contributed by atoms with Crippen molar-refractivity contribution in [2.45, 2.75) is 13.2 Å². The van der Waals surface area contributed by atoms with Crippen molar-refractivity contribution in [3.05, 3.63) is 71.8 Å². The Labute approximate surface area is 192 Å². The highest BCUT2D eigenvalue weighted by molar-refractivity contribution is 5.85. The second-order valence-corrected chi connectivity index (χ2v) is 7.22. The van der Waals surface area contributed by atoms with Gasteiger partial charge in [-0.1, -0.05) is 84.3 Å². The van der Waals surface area contributed by atoms with Gasteiger partial charge >= 0.3 is 0 Å². The molecule has 3 rings (SSSR count). The zero-order valence-electron chi connectivity index (χ0n) is 18.0. The monoisotopic (exact) mass is 438 g/mol. The number of hydrogen-bond donors (Lipinski definition) is 0. The Hall–Kier alpha value is -2.31. The van der Waals surface area contributed by atoms with Crippen molar-refractivity contribution in [2.24, 2.45) is 0 Å². The van der Waals surface area contributed by atoms with Crippen LogP contribution in [-0.4, -0.2) is 62.3 Å². The summed E-state index contributed by atoms with van der Waals surface area (Å²) < 4.78 is 11.2. The van der Waals surface area contributed by atoms with Gasteiger partial charge in [-0.15, -0.1) is 12.4 Å². The molecule has 2 aromatic rings. The third-order valence-corrected chi connectivity index (χ3v) is 4.89. The minimum absolute atomic E-state index is 0. The summed E-state index contributed by atoms with van der Waals surface area (Å²) >= 11 is 0. The molecule has 1 aliphatic rings. The molecule has 4 nitrogen and oxygen atoms in total. The van der Waals surface area contributed by atoms with Crippen molar-refractivity contribution in [1.82, 2.24) is 9.80 Å². The Morgan fingerprint density at radius 3 is 1.35 bits per heavy atom. The van der Waals surface area contributed by atoms with Gasteiger partial charge < -0.3 is 9.47 Å². The third kappa shape index (κ3) is 10.5. The molecule has 0 spiro atoms. The molecule has 0 amide bonds. The maximum Gasteiger partial charge on any atom is 0.108 e. The van der Waals surface area contributed by atoms with Gasteiger partial charge in [0.1, 0.15) is 13.2 Å². The van der Waals surface area contributed by atoms with Gasteiger partial charge in [0.05, 0.1) is 26.3 Å². The van der Waals surface area contributed by atoms with Crippen molar-refractivity contribution in [3.63, 3.8) is 0 Å². The lowest BCUT2D eigenvalue weighted by Crippen LogP contribution is -2.46. The topological polar surface area (TPSA) is 24.9 Å². The first-order chi connectivity index (χ1) is 14.9. The predicted molar refractivity (Wildman–Crippen MR) is 128 cm³/mol. The fraction of sp³-hybridized carbons (Fsp3) is 0.385. The normalized spacial score (nSPS) is 13.9. The van der Waals surface area contributed by atoms with Gasteiger partial charge in [-0.25, -0.2) is 0 Å². The van der Waals surface area contributed by atoms with Crippen LogP contribution >= 0.6 is 12.4 Å². The van der Waals surface area contributed by atoms with E-state index in [0.29, 0.717) is 26.4 Å². The second kappa shape index (κ2) is 15.5. The molecule has 0 aliphatic carbocycles. The summed E-state index contributed by atoms with van der Waals surface area (Å²) in [5.41, 5.74) is 2.36. The van der Waals surface area contributed by atoms with E-state index in [1.165, 1.54) is 11.1 Å². The van der Waals surface area contributed by atoms with Gasteiger partial charge in [0.2, 0.25) is 0 Å². The molecule has 1 aliphatic heterocycles. The number of rotatable bonds is 8. The molecular formula is C26H31ClN2O2. The fourth-order valence-electron chi connectivity index (χ4n) is 3.13. The van der Waals surface area contributed by atoms with Crippen LogP contribution in [0, 0.1) is 23.7 Å². The van der Waals surface area contributed by atoms with Crippen LogP contribution in [0.3, 0.4) is 0 Å². The van der Waals surface area contributed by atoms with Crippen LogP contribution in [0.15, 0.2) is 60.7 Å². The molecule has 164 valence electrons. The molecule has 1 fully saturated rings. The summed E-state index contributed by atoms with van der Waals surface area (Å²) in [5, 5.41) is 0. The van der Waals surface area contributed by atoms with Gasteiger partial charge in [-0.3, -0.25) is 9.80 Å².